The van der Waals surface area contributed by atoms with Gasteiger partial charge in [-0.2, -0.15) is 0 Å². The fourth-order valence-corrected chi connectivity index (χ4v) is 5.68. The molecule has 0 bridgehead atoms. The van der Waals surface area contributed by atoms with Gasteiger partial charge in [0.15, 0.2) is 5.16 Å². The van der Waals surface area contributed by atoms with Crippen LogP contribution in [0.4, 0.5) is 5.69 Å². The molecule has 164 valence electrons. The molecule has 1 heterocycles. The Balaban J connectivity index is 1.68. The summed E-state index contributed by atoms with van der Waals surface area (Å²) in [7, 11) is -0.607. The second-order valence-corrected chi connectivity index (χ2v) is 10.9. The smallest absolute Gasteiger partial charge is 0.242 e. The Morgan fingerprint density at radius 2 is 1.90 bits per heavy atom. The first-order chi connectivity index (χ1) is 14.2. The van der Waals surface area contributed by atoms with E-state index in [2.05, 4.69) is 20.1 Å². The predicted molar refractivity (Wildman–Crippen MR) is 118 cm³/mol. The summed E-state index contributed by atoms with van der Waals surface area (Å²) in [6.07, 6.45) is 5.91. The number of thioether (sulfide) groups is 1. The van der Waals surface area contributed by atoms with Crippen molar-refractivity contribution in [3.05, 3.63) is 29.6 Å². The summed E-state index contributed by atoms with van der Waals surface area (Å²) in [6.45, 7) is 3.68. The number of carbonyl (C=O) groups excluding carboxylic acids is 1. The first kappa shape index (κ1) is 22.8. The zero-order valence-corrected chi connectivity index (χ0v) is 19.5. The van der Waals surface area contributed by atoms with Gasteiger partial charge in [0.05, 0.1) is 10.6 Å². The number of aromatic nitrogens is 3. The van der Waals surface area contributed by atoms with Crippen LogP contribution in [-0.4, -0.2) is 53.2 Å². The number of hydrogen-bond donors (Lipinski definition) is 1. The maximum atomic E-state index is 12.5. The zero-order chi connectivity index (χ0) is 21.9. The summed E-state index contributed by atoms with van der Waals surface area (Å²) in [5.74, 6) is 0.837. The Labute approximate surface area is 182 Å². The Kier molecular flexibility index (Phi) is 7.20. The van der Waals surface area contributed by atoms with Crippen molar-refractivity contribution in [2.24, 2.45) is 0 Å². The molecule has 8 nitrogen and oxygen atoms in total. The molecule has 1 amide bonds. The van der Waals surface area contributed by atoms with Crippen LogP contribution in [0, 0.1) is 13.8 Å². The summed E-state index contributed by atoms with van der Waals surface area (Å²) in [4.78, 5) is 12.7. The summed E-state index contributed by atoms with van der Waals surface area (Å²) in [6, 6.07) is 5.31. The van der Waals surface area contributed by atoms with Crippen LogP contribution in [0.5, 0.6) is 0 Å². The van der Waals surface area contributed by atoms with Crippen molar-refractivity contribution in [3.63, 3.8) is 0 Å². The lowest BCUT2D eigenvalue weighted by molar-refractivity contribution is -0.113. The molecule has 1 aromatic heterocycles. The lowest BCUT2D eigenvalue weighted by Gasteiger charge is -2.24. The van der Waals surface area contributed by atoms with E-state index in [1.807, 2.05) is 6.92 Å². The number of nitrogens with one attached hydrogen (secondary N) is 1. The number of rotatable bonds is 7. The van der Waals surface area contributed by atoms with Gasteiger partial charge in [-0.05, 0) is 44.4 Å². The van der Waals surface area contributed by atoms with E-state index < -0.39 is 10.0 Å². The minimum atomic E-state index is -3.58. The van der Waals surface area contributed by atoms with Crippen LogP contribution in [0.2, 0.25) is 0 Å². The summed E-state index contributed by atoms with van der Waals surface area (Å²) >= 11 is 1.36. The number of aryl methyl sites for hydroxylation is 2. The molecule has 2 aromatic rings. The Morgan fingerprint density at radius 3 is 2.57 bits per heavy atom. The fourth-order valence-electron chi connectivity index (χ4n) is 3.69. The summed E-state index contributed by atoms with van der Waals surface area (Å²) in [5, 5.41) is 12.0. The summed E-state index contributed by atoms with van der Waals surface area (Å²) in [5.41, 5.74) is 1.09. The van der Waals surface area contributed by atoms with Gasteiger partial charge >= 0.3 is 0 Å². The Hall–Kier alpha value is -1.91. The monoisotopic (exact) mass is 451 g/mol. The van der Waals surface area contributed by atoms with Gasteiger partial charge in [-0.1, -0.05) is 37.1 Å². The van der Waals surface area contributed by atoms with E-state index in [0.717, 1.165) is 28.1 Å². The van der Waals surface area contributed by atoms with Gasteiger partial charge in [0.2, 0.25) is 15.9 Å². The zero-order valence-electron chi connectivity index (χ0n) is 17.9. The highest BCUT2D eigenvalue weighted by Crippen LogP contribution is 2.32. The minimum Gasteiger partial charge on any atom is -0.325 e. The van der Waals surface area contributed by atoms with Gasteiger partial charge in [-0.3, -0.25) is 4.79 Å². The number of sulfonamides is 1. The molecule has 0 spiro atoms. The summed E-state index contributed by atoms with van der Waals surface area (Å²) < 4.78 is 28.3. The van der Waals surface area contributed by atoms with Crippen molar-refractivity contribution in [2.45, 2.75) is 62.0 Å². The molecule has 0 saturated heterocycles. The molecule has 0 unspecified atom stereocenters. The van der Waals surface area contributed by atoms with Crippen LogP contribution in [0.1, 0.15) is 49.5 Å². The average molecular weight is 452 g/mol. The Bertz CT molecular complexity index is 1010. The third-order valence-electron chi connectivity index (χ3n) is 5.34. The molecule has 10 heteroatoms. The molecular weight excluding hydrogens is 422 g/mol. The molecule has 30 heavy (non-hydrogen) atoms. The highest BCUT2D eigenvalue weighted by molar-refractivity contribution is 7.99. The molecular formula is C20H29N5O3S2. The van der Waals surface area contributed by atoms with Crippen LogP contribution in [0.15, 0.2) is 28.3 Å². The standard InChI is InChI=1S/C20H29N5O3S2/c1-14-10-11-16(12-18(14)30(27,28)24(3)4)21-19(26)13-29-20-23-22-15(2)25(20)17-8-6-5-7-9-17/h10-12,17H,5-9,13H2,1-4H3,(H,21,26). The van der Waals surface area contributed by atoms with E-state index in [4.69, 9.17) is 0 Å². The molecule has 1 aliphatic rings. The van der Waals surface area contributed by atoms with Gasteiger partial charge in [0, 0.05) is 25.8 Å². The van der Waals surface area contributed by atoms with Crippen molar-refractivity contribution in [2.75, 3.05) is 25.2 Å². The topological polar surface area (TPSA) is 97.2 Å². The number of anilines is 1. The third-order valence-corrected chi connectivity index (χ3v) is 8.24. The maximum absolute atomic E-state index is 12.5. The number of amides is 1. The molecule has 1 aromatic carbocycles. The number of carbonyl (C=O) groups is 1. The average Bonchev–Trinajstić information content (AvgIpc) is 3.08. The molecule has 1 aliphatic carbocycles. The maximum Gasteiger partial charge on any atom is 0.242 e. The lowest BCUT2D eigenvalue weighted by Crippen LogP contribution is -2.23. The first-order valence-electron chi connectivity index (χ1n) is 10.1. The molecule has 0 radical (unpaired) electrons. The minimum absolute atomic E-state index is 0.175. The van der Waals surface area contributed by atoms with Crippen molar-refractivity contribution < 1.29 is 13.2 Å². The quantitative estimate of drug-likeness (QED) is 0.648. The van der Waals surface area contributed by atoms with Gasteiger partial charge in [-0.25, -0.2) is 12.7 Å². The van der Waals surface area contributed by atoms with Crippen LogP contribution in [0.25, 0.3) is 0 Å². The molecule has 3 rings (SSSR count). The number of nitrogens with zero attached hydrogens (tertiary/aromatic N) is 4. The molecule has 1 fully saturated rings. The molecule has 1 saturated carbocycles. The lowest BCUT2D eigenvalue weighted by atomic mass is 9.95. The Morgan fingerprint density at radius 1 is 1.20 bits per heavy atom. The van der Waals surface area contributed by atoms with E-state index in [9.17, 15) is 13.2 Å². The van der Waals surface area contributed by atoms with Gasteiger partial charge in [0.25, 0.3) is 0 Å². The SMILES string of the molecule is Cc1ccc(NC(=O)CSc2nnc(C)n2C2CCCCC2)cc1S(=O)(=O)N(C)C. The van der Waals surface area contributed by atoms with Crippen LogP contribution in [-0.2, 0) is 14.8 Å². The van der Waals surface area contributed by atoms with E-state index >= 15 is 0 Å². The van der Waals surface area contributed by atoms with E-state index in [1.165, 1.54) is 51.2 Å². The molecule has 0 atom stereocenters. The van der Waals surface area contributed by atoms with Gasteiger partial charge < -0.3 is 9.88 Å². The van der Waals surface area contributed by atoms with Crippen LogP contribution >= 0.6 is 11.8 Å². The van der Waals surface area contributed by atoms with E-state index in [0.29, 0.717) is 17.3 Å². The van der Waals surface area contributed by atoms with Gasteiger partial charge in [0.1, 0.15) is 5.82 Å². The highest BCUT2D eigenvalue weighted by Gasteiger charge is 2.23. The van der Waals surface area contributed by atoms with E-state index in [1.54, 1.807) is 19.1 Å². The predicted octanol–water partition coefficient (Wildman–Crippen LogP) is 3.38. The third kappa shape index (κ3) is 5.04. The molecule has 1 N–H and O–H groups in total. The van der Waals surface area contributed by atoms with E-state index in [-0.39, 0.29) is 16.6 Å². The second kappa shape index (κ2) is 9.49. The fraction of sp³-hybridized carbons (Fsp3) is 0.550. The van der Waals surface area contributed by atoms with Crippen molar-refractivity contribution in [1.29, 1.82) is 0 Å². The second-order valence-electron chi connectivity index (χ2n) is 7.80. The van der Waals surface area contributed by atoms with Gasteiger partial charge in [-0.15, -0.1) is 10.2 Å². The molecule has 0 aliphatic heterocycles. The first-order valence-corrected chi connectivity index (χ1v) is 12.5. The highest BCUT2D eigenvalue weighted by atomic mass is 32.2. The number of benzene rings is 1. The largest absolute Gasteiger partial charge is 0.325 e. The van der Waals surface area contributed by atoms with Crippen molar-refractivity contribution in [1.82, 2.24) is 19.1 Å². The van der Waals surface area contributed by atoms with Crippen LogP contribution in [0.3, 0.4) is 0 Å². The number of hydrogen-bond acceptors (Lipinski definition) is 6. The van der Waals surface area contributed by atoms with Crippen LogP contribution < -0.4 is 5.32 Å². The van der Waals surface area contributed by atoms with Crippen molar-refractivity contribution >= 4 is 33.4 Å². The normalized spacial score (nSPS) is 15.5. The van der Waals surface area contributed by atoms with Crippen molar-refractivity contribution in [3.8, 4) is 0 Å².